The van der Waals surface area contributed by atoms with E-state index in [1.807, 2.05) is 0 Å². The molecule has 218 valence electrons. The fourth-order valence-electron chi connectivity index (χ4n) is 4.79. The minimum Gasteiger partial charge on any atom is -0.484 e. The predicted molar refractivity (Wildman–Crippen MR) is 161 cm³/mol. The van der Waals surface area contributed by atoms with Crippen LogP contribution in [-0.4, -0.2) is 57.9 Å². The molecule has 7 heteroatoms. The molecule has 0 spiro atoms. The summed E-state index contributed by atoms with van der Waals surface area (Å²) in [7, 11) is 0. The Bertz CT molecular complexity index is 574. The zero-order valence-corrected chi connectivity index (χ0v) is 25.4. The Morgan fingerprint density at radius 1 is 0.730 bits per heavy atom. The number of hydrogen-bond donors (Lipinski definition) is 2. The molecule has 1 fully saturated rings. The average Bonchev–Trinajstić information content (AvgIpc) is 3.25. The highest BCUT2D eigenvalue weighted by Crippen LogP contribution is 2.22. The highest BCUT2D eigenvalue weighted by molar-refractivity contribution is 7.80. The third kappa shape index (κ3) is 17.8. The van der Waals surface area contributed by atoms with Crippen LogP contribution in [0.1, 0.15) is 142 Å². The molecular formula is C30H56O5S2. The lowest BCUT2D eigenvalue weighted by Gasteiger charge is -2.23. The highest BCUT2D eigenvalue weighted by Gasteiger charge is 2.42. The number of unbranched alkanes of at least 4 members (excludes halogenated alkanes) is 16. The van der Waals surface area contributed by atoms with E-state index in [0.29, 0.717) is 10.1 Å². The van der Waals surface area contributed by atoms with Gasteiger partial charge >= 0.3 is 0 Å². The van der Waals surface area contributed by atoms with Crippen LogP contribution in [0.15, 0.2) is 0 Å². The third-order valence-corrected chi connectivity index (χ3v) is 7.84. The van der Waals surface area contributed by atoms with Gasteiger partial charge in [-0.2, -0.15) is 0 Å². The lowest BCUT2D eigenvalue weighted by atomic mass is 10.1. The van der Waals surface area contributed by atoms with E-state index >= 15 is 0 Å². The number of aliphatic hydroxyl groups excluding tert-OH is 2. The number of ether oxygens (including phenoxy) is 3. The van der Waals surface area contributed by atoms with Crippen molar-refractivity contribution in [1.82, 2.24) is 0 Å². The largest absolute Gasteiger partial charge is 0.484 e. The Labute approximate surface area is 238 Å². The third-order valence-electron chi connectivity index (χ3n) is 7.22. The van der Waals surface area contributed by atoms with E-state index in [1.165, 1.54) is 89.9 Å². The van der Waals surface area contributed by atoms with Crippen LogP contribution < -0.4 is 0 Å². The second-order valence-corrected chi connectivity index (χ2v) is 11.6. The fraction of sp³-hybridized carbons (Fsp3) is 0.933. The molecule has 37 heavy (non-hydrogen) atoms. The molecule has 1 rings (SSSR count). The van der Waals surface area contributed by atoms with Crippen LogP contribution in [0.5, 0.6) is 0 Å². The Morgan fingerprint density at radius 2 is 1.16 bits per heavy atom. The normalized spacial score (nSPS) is 20.2. The summed E-state index contributed by atoms with van der Waals surface area (Å²) in [5.41, 5.74) is 0. The van der Waals surface area contributed by atoms with Gasteiger partial charge < -0.3 is 24.4 Å². The van der Waals surface area contributed by atoms with Gasteiger partial charge in [0.15, 0.2) is 16.2 Å². The summed E-state index contributed by atoms with van der Waals surface area (Å²) in [6, 6.07) is 0. The maximum Gasteiger partial charge on any atom is 0.160 e. The van der Waals surface area contributed by atoms with Gasteiger partial charge in [0.2, 0.25) is 0 Å². The van der Waals surface area contributed by atoms with E-state index in [-0.39, 0.29) is 13.2 Å². The molecule has 0 unspecified atom stereocenters. The number of hydrogen-bond acceptors (Lipinski definition) is 7. The molecule has 0 bridgehead atoms. The Morgan fingerprint density at radius 3 is 1.65 bits per heavy atom. The predicted octanol–water partition coefficient (Wildman–Crippen LogP) is 8.01. The van der Waals surface area contributed by atoms with Crippen molar-refractivity contribution in [3.05, 3.63) is 0 Å². The summed E-state index contributed by atoms with van der Waals surface area (Å²) in [4.78, 5) is 0. The maximum absolute atomic E-state index is 10.6. The van der Waals surface area contributed by atoms with Gasteiger partial charge in [0.25, 0.3) is 0 Å². The molecule has 0 aromatic carbocycles. The van der Waals surface area contributed by atoms with Crippen LogP contribution in [0.2, 0.25) is 0 Å². The van der Waals surface area contributed by atoms with Gasteiger partial charge in [-0.05, 0) is 37.3 Å². The lowest BCUT2D eigenvalue weighted by Crippen LogP contribution is -2.42. The minimum atomic E-state index is -0.962. The molecule has 0 saturated carbocycles. The van der Waals surface area contributed by atoms with E-state index in [4.69, 9.17) is 38.6 Å². The van der Waals surface area contributed by atoms with Crippen molar-refractivity contribution in [3.63, 3.8) is 0 Å². The van der Waals surface area contributed by atoms with Crippen LogP contribution in [-0.2, 0) is 14.2 Å². The van der Waals surface area contributed by atoms with Crippen LogP contribution >= 0.6 is 24.4 Å². The molecule has 0 radical (unpaired) electrons. The lowest BCUT2D eigenvalue weighted by molar-refractivity contribution is -0.0657. The molecule has 1 aliphatic rings. The van der Waals surface area contributed by atoms with E-state index in [1.54, 1.807) is 0 Å². The molecule has 0 aliphatic carbocycles. The molecule has 0 amide bonds. The van der Waals surface area contributed by atoms with E-state index < -0.39 is 24.4 Å². The van der Waals surface area contributed by atoms with Gasteiger partial charge in [0, 0.05) is 12.8 Å². The van der Waals surface area contributed by atoms with E-state index in [9.17, 15) is 10.2 Å². The van der Waals surface area contributed by atoms with Crippen molar-refractivity contribution < 1.29 is 24.4 Å². The van der Waals surface area contributed by atoms with Gasteiger partial charge in [0.05, 0.1) is 6.61 Å². The monoisotopic (exact) mass is 560 g/mol. The number of thiocarbonyl (C=S) groups is 2. The van der Waals surface area contributed by atoms with Crippen LogP contribution in [0.3, 0.4) is 0 Å². The van der Waals surface area contributed by atoms with Gasteiger partial charge in [-0.1, -0.05) is 117 Å². The number of rotatable bonds is 24. The SMILES string of the molecule is CCCCCCCCCCCC(=S)OC[C@H](O)[C@@H]1OC[C@@H](OC(=S)CCCCCCCCCCC)[C@@H]1O. The quantitative estimate of drug-likeness (QED) is 0.0915. The van der Waals surface area contributed by atoms with Crippen molar-refractivity contribution in [1.29, 1.82) is 0 Å². The number of aliphatic hydroxyl groups is 2. The summed E-state index contributed by atoms with van der Waals surface area (Å²) in [5.74, 6) is 0. The van der Waals surface area contributed by atoms with Gasteiger partial charge in [-0.3, -0.25) is 0 Å². The summed E-state index contributed by atoms with van der Waals surface area (Å²) >= 11 is 10.7. The molecule has 4 atom stereocenters. The smallest absolute Gasteiger partial charge is 0.160 e. The van der Waals surface area contributed by atoms with Crippen LogP contribution in [0, 0.1) is 0 Å². The van der Waals surface area contributed by atoms with Gasteiger partial charge in [-0.15, -0.1) is 0 Å². The van der Waals surface area contributed by atoms with Crippen LogP contribution in [0.4, 0.5) is 0 Å². The molecular weight excluding hydrogens is 504 g/mol. The second kappa shape index (κ2) is 23.5. The zero-order valence-electron chi connectivity index (χ0n) is 23.8. The van der Waals surface area contributed by atoms with Crippen molar-refractivity contribution in [3.8, 4) is 0 Å². The summed E-state index contributed by atoms with van der Waals surface area (Å²) in [6.07, 6.45) is 21.0. The van der Waals surface area contributed by atoms with Crippen molar-refractivity contribution in [2.45, 2.75) is 167 Å². The van der Waals surface area contributed by atoms with Gasteiger partial charge in [0.1, 0.15) is 24.9 Å². The zero-order chi connectivity index (χ0) is 27.1. The standard InChI is InChI=1S/C30H56O5S2/c1-3-5-7-9-11-13-15-17-19-21-27(36)33-23-25(31)30-29(32)26(24-34-30)35-28(37)22-20-18-16-14-12-10-8-6-4-2/h25-26,29-32H,3-24H2,1-2H3/t25-,26+,29-,30-/m0/s1. The summed E-state index contributed by atoms with van der Waals surface area (Å²) in [6.45, 7) is 4.72. The first-order valence-corrected chi connectivity index (χ1v) is 16.1. The topological polar surface area (TPSA) is 68.2 Å². The van der Waals surface area contributed by atoms with E-state index in [2.05, 4.69) is 13.8 Å². The molecule has 1 heterocycles. The fourth-order valence-corrected chi connectivity index (χ4v) is 5.27. The first-order chi connectivity index (χ1) is 18.0. The highest BCUT2D eigenvalue weighted by atomic mass is 32.1. The molecule has 0 aromatic heterocycles. The first kappa shape index (κ1) is 34.7. The first-order valence-electron chi connectivity index (χ1n) is 15.3. The Hall–Kier alpha value is -0.340. The molecule has 5 nitrogen and oxygen atoms in total. The molecule has 1 aliphatic heterocycles. The molecule has 1 saturated heterocycles. The van der Waals surface area contributed by atoms with Crippen molar-refractivity contribution in [2.24, 2.45) is 0 Å². The van der Waals surface area contributed by atoms with Crippen LogP contribution in [0.25, 0.3) is 0 Å². The van der Waals surface area contributed by atoms with Crippen molar-refractivity contribution in [2.75, 3.05) is 13.2 Å². The van der Waals surface area contributed by atoms with Gasteiger partial charge in [-0.25, -0.2) is 0 Å². The van der Waals surface area contributed by atoms with E-state index in [0.717, 1.165) is 38.5 Å². The summed E-state index contributed by atoms with van der Waals surface area (Å²) in [5, 5.41) is 22.1. The average molecular weight is 561 g/mol. The minimum absolute atomic E-state index is 0.0214. The van der Waals surface area contributed by atoms with Crippen molar-refractivity contribution >= 4 is 34.5 Å². The summed E-state index contributed by atoms with van der Waals surface area (Å²) < 4.78 is 17.0. The second-order valence-electron chi connectivity index (χ2n) is 10.7. The Kier molecular flexibility index (Phi) is 22.1. The molecule has 0 aromatic rings. The molecule has 2 N–H and O–H groups in total. The Balaban J connectivity index is 2.08. The maximum atomic E-state index is 10.6.